The maximum Gasteiger partial charge on any atom is 0.163 e. The Morgan fingerprint density at radius 3 is 2.77 bits per heavy atom. The highest BCUT2D eigenvalue weighted by Crippen LogP contribution is 2.32. The third-order valence-corrected chi connectivity index (χ3v) is 1.92. The van der Waals surface area contributed by atoms with Crippen LogP contribution in [0, 0.1) is 6.92 Å². The highest BCUT2D eigenvalue weighted by molar-refractivity contribution is 5.61. The summed E-state index contributed by atoms with van der Waals surface area (Å²) in [5.74, 6) is 0.508. The van der Waals surface area contributed by atoms with Crippen molar-refractivity contribution in [2.24, 2.45) is 0 Å². The van der Waals surface area contributed by atoms with Crippen LogP contribution in [0.1, 0.15) is 11.1 Å². The lowest BCUT2D eigenvalue weighted by Gasteiger charge is -2.09. The Labute approximate surface area is 77.0 Å². The standard InChI is InChI=1S/C10H12O3/c1-7-3-4-8(5-6-11)9(12)10(7)13-2/h3-4,6,12H,5H2,1-2H3. The molecule has 0 amide bonds. The molecule has 0 aliphatic heterocycles. The van der Waals surface area contributed by atoms with Crippen molar-refractivity contribution >= 4 is 6.29 Å². The monoisotopic (exact) mass is 180 g/mol. The second kappa shape index (κ2) is 3.94. The summed E-state index contributed by atoms with van der Waals surface area (Å²) in [7, 11) is 1.49. The van der Waals surface area contributed by atoms with Crippen molar-refractivity contribution in [2.45, 2.75) is 13.3 Å². The average molecular weight is 180 g/mol. The molecule has 0 spiro atoms. The molecule has 1 rings (SSSR count). The zero-order chi connectivity index (χ0) is 9.84. The fraction of sp³-hybridized carbons (Fsp3) is 0.300. The van der Waals surface area contributed by atoms with Gasteiger partial charge in [-0.25, -0.2) is 0 Å². The molecule has 0 atom stereocenters. The summed E-state index contributed by atoms with van der Waals surface area (Å²) < 4.78 is 5.00. The molecule has 0 radical (unpaired) electrons. The van der Waals surface area contributed by atoms with Gasteiger partial charge < -0.3 is 14.6 Å². The number of carbonyl (C=O) groups is 1. The van der Waals surface area contributed by atoms with Crippen LogP contribution < -0.4 is 4.74 Å². The minimum Gasteiger partial charge on any atom is -0.504 e. The first kappa shape index (κ1) is 9.58. The minimum atomic E-state index is 0.0644. The summed E-state index contributed by atoms with van der Waals surface area (Å²) >= 11 is 0. The van der Waals surface area contributed by atoms with Gasteiger partial charge in [-0.15, -0.1) is 0 Å². The van der Waals surface area contributed by atoms with Gasteiger partial charge in [-0.3, -0.25) is 0 Å². The zero-order valence-electron chi connectivity index (χ0n) is 7.70. The first-order valence-corrected chi connectivity index (χ1v) is 3.99. The van der Waals surface area contributed by atoms with E-state index in [0.29, 0.717) is 11.3 Å². The second-order valence-corrected chi connectivity index (χ2v) is 2.79. The molecule has 0 unspecified atom stereocenters. The van der Waals surface area contributed by atoms with Crippen molar-refractivity contribution < 1.29 is 14.6 Å². The predicted octanol–water partition coefficient (Wildman–Crippen LogP) is 1.45. The molecule has 70 valence electrons. The van der Waals surface area contributed by atoms with Gasteiger partial charge >= 0.3 is 0 Å². The van der Waals surface area contributed by atoms with Crippen LogP contribution in [0.2, 0.25) is 0 Å². The summed E-state index contributed by atoms with van der Waals surface area (Å²) in [4.78, 5) is 10.3. The van der Waals surface area contributed by atoms with E-state index in [0.717, 1.165) is 11.8 Å². The summed E-state index contributed by atoms with van der Waals surface area (Å²) in [5.41, 5.74) is 1.45. The topological polar surface area (TPSA) is 46.5 Å². The van der Waals surface area contributed by atoms with Crippen molar-refractivity contribution in [2.75, 3.05) is 7.11 Å². The molecule has 1 aromatic carbocycles. The largest absolute Gasteiger partial charge is 0.504 e. The maximum absolute atomic E-state index is 10.3. The summed E-state index contributed by atoms with van der Waals surface area (Å²) in [5, 5.41) is 9.62. The van der Waals surface area contributed by atoms with Gasteiger partial charge in [0.2, 0.25) is 0 Å². The number of benzene rings is 1. The first-order chi connectivity index (χ1) is 6.20. The lowest BCUT2D eigenvalue weighted by molar-refractivity contribution is -0.107. The quantitative estimate of drug-likeness (QED) is 0.716. The third-order valence-electron chi connectivity index (χ3n) is 1.92. The van der Waals surface area contributed by atoms with Gasteiger partial charge in [-0.1, -0.05) is 12.1 Å². The number of aryl methyl sites for hydroxylation is 1. The third kappa shape index (κ3) is 1.80. The van der Waals surface area contributed by atoms with E-state index in [1.807, 2.05) is 13.0 Å². The van der Waals surface area contributed by atoms with Crippen LogP contribution in [-0.4, -0.2) is 18.5 Å². The maximum atomic E-state index is 10.3. The van der Waals surface area contributed by atoms with E-state index in [4.69, 9.17) is 4.74 Å². The highest BCUT2D eigenvalue weighted by atomic mass is 16.5. The van der Waals surface area contributed by atoms with Gasteiger partial charge in [0.1, 0.15) is 6.29 Å². The molecule has 0 fully saturated rings. The van der Waals surface area contributed by atoms with Crippen LogP contribution in [0.4, 0.5) is 0 Å². The lowest BCUT2D eigenvalue weighted by Crippen LogP contribution is -1.93. The van der Waals surface area contributed by atoms with E-state index in [1.54, 1.807) is 6.07 Å². The molecule has 0 heterocycles. The second-order valence-electron chi connectivity index (χ2n) is 2.79. The Balaban J connectivity index is 3.18. The Morgan fingerprint density at radius 1 is 1.54 bits per heavy atom. The van der Waals surface area contributed by atoms with Gasteiger partial charge in [0, 0.05) is 12.0 Å². The Hall–Kier alpha value is -1.51. The number of phenolic OH excluding ortho intramolecular Hbond substituents is 1. The fourth-order valence-electron chi connectivity index (χ4n) is 1.22. The summed E-state index contributed by atoms with van der Waals surface area (Å²) in [6.45, 7) is 1.84. The molecule has 3 heteroatoms. The summed E-state index contributed by atoms with van der Waals surface area (Å²) in [6.07, 6.45) is 0.965. The minimum absolute atomic E-state index is 0.0644. The van der Waals surface area contributed by atoms with E-state index >= 15 is 0 Å². The molecule has 0 aliphatic carbocycles. The highest BCUT2D eigenvalue weighted by Gasteiger charge is 2.09. The number of aromatic hydroxyl groups is 1. The van der Waals surface area contributed by atoms with E-state index in [9.17, 15) is 9.90 Å². The SMILES string of the molecule is COc1c(C)ccc(CC=O)c1O. The lowest BCUT2D eigenvalue weighted by atomic mass is 10.1. The van der Waals surface area contributed by atoms with Crippen molar-refractivity contribution in [1.29, 1.82) is 0 Å². The van der Waals surface area contributed by atoms with E-state index in [1.165, 1.54) is 7.11 Å². The Kier molecular flexibility index (Phi) is 2.90. The van der Waals surface area contributed by atoms with E-state index in [-0.39, 0.29) is 12.2 Å². The smallest absolute Gasteiger partial charge is 0.163 e. The zero-order valence-corrected chi connectivity index (χ0v) is 7.70. The van der Waals surface area contributed by atoms with Crippen molar-refractivity contribution in [3.8, 4) is 11.5 Å². The van der Waals surface area contributed by atoms with E-state index < -0.39 is 0 Å². The van der Waals surface area contributed by atoms with Crippen LogP contribution in [0.3, 0.4) is 0 Å². The predicted molar refractivity (Wildman–Crippen MR) is 49.2 cm³/mol. The molecular formula is C10H12O3. The first-order valence-electron chi connectivity index (χ1n) is 3.99. The molecule has 0 saturated heterocycles. The van der Waals surface area contributed by atoms with Crippen molar-refractivity contribution in [3.05, 3.63) is 23.3 Å². The van der Waals surface area contributed by atoms with E-state index in [2.05, 4.69) is 0 Å². The Morgan fingerprint density at radius 2 is 2.23 bits per heavy atom. The molecule has 1 aromatic rings. The van der Waals surface area contributed by atoms with Crippen LogP contribution in [0.5, 0.6) is 11.5 Å². The molecular weight excluding hydrogens is 168 g/mol. The number of aldehydes is 1. The Bertz CT molecular complexity index is 318. The van der Waals surface area contributed by atoms with Crippen LogP contribution in [0.25, 0.3) is 0 Å². The van der Waals surface area contributed by atoms with Gasteiger partial charge in [-0.05, 0) is 12.5 Å². The van der Waals surface area contributed by atoms with Crippen molar-refractivity contribution in [3.63, 3.8) is 0 Å². The molecule has 1 N–H and O–H groups in total. The molecule has 13 heavy (non-hydrogen) atoms. The number of ether oxygens (including phenoxy) is 1. The number of methoxy groups -OCH3 is 1. The van der Waals surface area contributed by atoms with Crippen molar-refractivity contribution in [1.82, 2.24) is 0 Å². The van der Waals surface area contributed by atoms with Crippen LogP contribution in [0.15, 0.2) is 12.1 Å². The molecule has 0 bridgehead atoms. The number of hydrogen-bond donors (Lipinski definition) is 1. The van der Waals surface area contributed by atoms with Crippen LogP contribution in [-0.2, 0) is 11.2 Å². The molecule has 0 aliphatic rings. The normalized spacial score (nSPS) is 9.69. The fourth-order valence-corrected chi connectivity index (χ4v) is 1.22. The van der Waals surface area contributed by atoms with Crippen LogP contribution >= 0.6 is 0 Å². The van der Waals surface area contributed by atoms with Gasteiger partial charge in [0.25, 0.3) is 0 Å². The number of hydrogen-bond acceptors (Lipinski definition) is 3. The van der Waals surface area contributed by atoms with Gasteiger partial charge in [0.05, 0.1) is 7.11 Å². The summed E-state index contributed by atoms with van der Waals surface area (Å²) in [6, 6.07) is 3.54. The number of rotatable bonds is 3. The molecule has 3 nitrogen and oxygen atoms in total. The molecule has 0 saturated carbocycles. The average Bonchev–Trinajstić information content (AvgIpc) is 2.11. The number of carbonyl (C=O) groups excluding carboxylic acids is 1. The number of phenols is 1. The molecule has 0 aromatic heterocycles. The van der Waals surface area contributed by atoms with Gasteiger partial charge in [-0.2, -0.15) is 0 Å². The van der Waals surface area contributed by atoms with Gasteiger partial charge in [0.15, 0.2) is 11.5 Å².